The molecule has 5 rings (SSSR count). The number of aromatic nitrogens is 5. The molecule has 2 aromatic heterocycles. The van der Waals surface area contributed by atoms with Gasteiger partial charge in [0, 0.05) is 12.4 Å². The van der Waals surface area contributed by atoms with Gasteiger partial charge in [0.05, 0.1) is 12.1 Å². The number of likely N-dealkylation sites (tertiary alicyclic amines) is 1. The first-order chi connectivity index (χ1) is 15.4. The fraction of sp³-hybridized carbons (Fsp3) is 0.520. The van der Waals surface area contributed by atoms with Crippen LogP contribution < -0.4 is 0 Å². The summed E-state index contributed by atoms with van der Waals surface area (Å²) in [4.78, 5) is 6.83. The fourth-order valence-corrected chi connectivity index (χ4v) is 5.40. The molecule has 0 spiro atoms. The second-order valence-electron chi connectivity index (χ2n) is 9.13. The molecule has 0 unspecified atom stereocenters. The van der Waals surface area contributed by atoms with Gasteiger partial charge < -0.3 is 0 Å². The number of benzene rings is 1. The summed E-state index contributed by atoms with van der Waals surface area (Å²) in [5.74, 6) is 1.74. The number of hydrogen-bond donors (Lipinski definition) is 0. The van der Waals surface area contributed by atoms with Gasteiger partial charge in [0.15, 0.2) is 5.82 Å². The number of piperidine rings is 1. The Balaban J connectivity index is 1.36. The highest BCUT2D eigenvalue weighted by molar-refractivity contribution is 5.23. The van der Waals surface area contributed by atoms with E-state index in [4.69, 9.17) is 0 Å². The molecule has 0 bridgehead atoms. The maximum Gasteiger partial charge on any atom is 0.173 e. The maximum atomic E-state index is 4.57. The molecule has 0 radical (unpaired) electrons. The summed E-state index contributed by atoms with van der Waals surface area (Å²) in [5.41, 5.74) is 2.69. The van der Waals surface area contributed by atoms with Gasteiger partial charge in [-0.2, -0.15) is 0 Å². The van der Waals surface area contributed by atoms with Crippen molar-refractivity contribution in [2.24, 2.45) is 5.92 Å². The third-order valence-corrected chi connectivity index (χ3v) is 7.09. The van der Waals surface area contributed by atoms with Gasteiger partial charge in [-0.05, 0) is 84.8 Å². The van der Waals surface area contributed by atoms with E-state index >= 15 is 0 Å². The van der Waals surface area contributed by atoms with Gasteiger partial charge in [-0.3, -0.25) is 9.88 Å². The van der Waals surface area contributed by atoms with Crippen molar-refractivity contribution in [3.8, 4) is 0 Å². The van der Waals surface area contributed by atoms with Gasteiger partial charge in [0.25, 0.3) is 0 Å². The van der Waals surface area contributed by atoms with Crippen LogP contribution in [-0.4, -0.2) is 43.2 Å². The molecule has 1 aliphatic heterocycles. The third-order valence-electron chi connectivity index (χ3n) is 7.09. The van der Waals surface area contributed by atoms with E-state index in [2.05, 4.69) is 72.6 Å². The van der Waals surface area contributed by atoms with Crippen LogP contribution in [0, 0.1) is 5.92 Å². The molecule has 31 heavy (non-hydrogen) atoms. The average Bonchev–Trinajstić information content (AvgIpc) is 3.32. The molecule has 1 atom stereocenters. The molecule has 6 heteroatoms. The quantitative estimate of drug-likeness (QED) is 0.587. The average molecular weight is 417 g/mol. The molecular formula is C25H32N6. The summed E-state index contributed by atoms with van der Waals surface area (Å²) in [5, 5.41) is 13.2. The topological polar surface area (TPSA) is 59.7 Å². The van der Waals surface area contributed by atoms with E-state index in [-0.39, 0.29) is 6.04 Å². The number of pyridine rings is 1. The lowest BCUT2D eigenvalue weighted by molar-refractivity contribution is 0.140. The molecule has 3 aromatic rings. The SMILES string of the molecule is c1ccc(CC2CCN([C@@H](c3ccncc3)c3nnnn3C3CCCCC3)CC2)cc1. The molecule has 162 valence electrons. The molecule has 6 nitrogen and oxygen atoms in total. The second-order valence-corrected chi connectivity index (χ2v) is 9.13. The van der Waals surface area contributed by atoms with Crippen molar-refractivity contribution >= 4 is 0 Å². The minimum atomic E-state index is 0.0950. The highest BCUT2D eigenvalue weighted by atomic mass is 15.6. The Morgan fingerprint density at radius 1 is 0.871 bits per heavy atom. The van der Waals surface area contributed by atoms with Gasteiger partial charge in [0.1, 0.15) is 0 Å². The summed E-state index contributed by atoms with van der Waals surface area (Å²) in [6.07, 6.45) is 13.6. The maximum absolute atomic E-state index is 4.57. The predicted molar refractivity (Wildman–Crippen MR) is 120 cm³/mol. The predicted octanol–water partition coefficient (Wildman–Crippen LogP) is 4.62. The summed E-state index contributed by atoms with van der Waals surface area (Å²) in [7, 11) is 0. The smallest absolute Gasteiger partial charge is 0.173 e. The lowest BCUT2D eigenvalue weighted by Gasteiger charge is -2.37. The van der Waals surface area contributed by atoms with Gasteiger partial charge in [-0.25, -0.2) is 4.68 Å². The Hall–Kier alpha value is -2.60. The number of rotatable bonds is 6. The van der Waals surface area contributed by atoms with Crippen LogP contribution in [0.5, 0.6) is 0 Å². The largest absolute Gasteiger partial charge is 0.290 e. The third kappa shape index (κ3) is 4.69. The van der Waals surface area contributed by atoms with Crippen LogP contribution in [0.25, 0.3) is 0 Å². The van der Waals surface area contributed by atoms with E-state index in [1.54, 1.807) is 0 Å². The number of tetrazole rings is 1. The van der Waals surface area contributed by atoms with Gasteiger partial charge in [-0.15, -0.1) is 5.10 Å². The van der Waals surface area contributed by atoms with Crippen LogP contribution in [0.15, 0.2) is 54.9 Å². The van der Waals surface area contributed by atoms with E-state index in [1.807, 2.05) is 12.4 Å². The molecule has 1 aliphatic carbocycles. The molecule has 3 heterocycles. The molecule has 1 saturated heterocycles. The Morgan fingerprint density at radius 2 is 1.61 bits per heavy atom. The standard InChI is InChI=1S/C25H32N6/c1-3-7-20(8-4-1)19-21-13-17-30(18-14-21)24(22-11-15-26-16-12-22)25-27-28-29-31(25)23-9-5-2-6-10-23/h1,3-4,7-8,11-12,15-16,21,23-24H,2,5-6,9-10,13-14,17-19H2/t24-/m0/s1. The normalized spacial score (nSPS) is 20.0. The minimum absolute atomic E-state index is 0.0950. The molecule has 2 aliphatic rings. The zero-order valence-electron chi connectivity index (χ0n) is 18.2. The van der Waals surface area contributed by atoms with E-state index in [0.717, 1.165) is 24.8 Å². The van der Waals surface area contributed by atoms with E-state index < -0.39 is 0 Å². The lowest BCUT2D eigenvalue weighted by atomic mass is 9.89. The molecule has 0 amide bonds. The minimum Gasteiger partial charge on any atom is -0.290 e. The molecule has 1 saturated carbocycles. The van der Waals surface area contributed by atoms with Crippen molar-refractivity contribution in [1.82, 2.24) is 30.1 Å². The van der Waals surface area contributed by atoms with Crippen LogP contribution in [-0.2, 0) is 6.42 Å². The van der Waals surface area contributed by atoms with Crippen molar-refractivity contribution in [1.29, 1.82) is 0 Å². The summed E-state index contributed by atoms with van der Waals surface area (Å²) < 4.78 is 2.14. The molecule has 1 aromatic carbocycles. The number of hydrogen-bond acceptors (Lipinski definition) is 5. The van der Waals surface area contributed by atoms with Gasteiger partial charge in [-0.1, -0.05) is 49.6 Å². The van der Waals surface area contributed by atoms with Crippen LogP contribution >= 0.6 is 0 Å². The Kier molecular flexibility index (Phi) is 6.35. The first-order valence-corrected chi connectivity index (χ1v) is 11.8. The van der Waals surface area contributed by atoms with Crippen LogP contribution in [0.1, 0.15) is 74.0 Å². The van der Waals surface area contributed by atoms with Crippen molar-refractivity contribution in [3.63, 3.8) is 0 Å². The Morgan fingerprint density at radius 3 is 2.35 bits per heavy atom. The fourth-order valence-electron chi connectivity index (χ4n) is 5.40. The molecular weight excluding hydrogens is 384 g/mol. The zero-order chi connectivity index (χ0) is 20.9. The van der Waals surface area contributed by atoms with Crippen LogP contribution in [0.4, 0.5) is 0 Å². The monoisotopic (exact) mass is 416 g/mol. The number of nitrogens with zero attached hydrogens (tertiary/aromatic N) is 6. The van der Waals surface area contributed by atoms with Gasteiger partial charge >= 0.3 is 0 Å². The van der Waals surface area contributed by atoms with Crippen molar-refractivity contribution in [3.05, 3.63) is 71.8 Å². The molecule has 2 fully saturated rings. The van der Waals surface area contributed by atoms with E-state index in [1.165, 1.54) is 62.5 Å². The Bertz CT molecular complexity index is 927. The highest BCUT2D eigenvalue weighted by Gasteiger charge is 2.33. The first kappa shape index (κ1) is 20.3. The highest BCUT2D eigenvalue weighted by Crippen LogP contribution is 2.35. The summed E-state index contributed by atoms with van der Waals surface area (Å²) in [6.45, 7) is 2.14. The lowest BCUT2D eigenvalue weighted by Crippen LogP contribution is -2.39. The second kappa shape index (κ2) is 9.69. The Labute approximate surface area is 184 Å². The first-order valence-electron chi connectivity index (χ1n) is 11.8. The van der Waals surface area contributed by atoms with Crippen molar-refractivity contribution in [2.45, 2.75) is 63.5 Å². The van der Waals surface area contributed by atoms with Crippen LogP contribution in [0.2, 0.25) is 0 Å². The summed E-state index contributed by atoms with van der Waals surface area (Å²) >= 11 is 0. The van der Waals surface area contributed by atoms with E-state index in [0.29, 0.717) is 6.04 Å². The summed E-state index contributed by atoms with van der Waals surface area (Å²) in [6, 6.07) is 15.7. The van der Waals surface area contributed by atoms with E-state index in [9.17, 15) is 0 Å². The van der Waals surface area contributed by atoms with Gasteiger partial charge in [0.2, 0.25) is 0 Å². The van der Waals surface area contributed by atoms with Crippen molar-refractivity contribution < 1.29 is 0 Å². The zero-order valence-corrected chi connectivity index (χ0v) is 18.2. The van der Waals surface area contributed by atoms with Crippen LogP contribution in [0.3, 0.4) is 0 Å². The molecule has 0 N–H and O–H groups in total. The van der Waals surface area contributed by atoms with Crippen molar-refractivity contribution in [2.75, 3.05) is 13.1 Å².